The van der Waals surface area contributed by atoms with Crippen molar-refractivity contribution in [1.29, 1.82) is 0 Å². The van der Waals surface area contributed by atoms with Crippen molar-refractivity contribution in [1.82, 2.24) is 10.6 Å². The molecule has 0 aliphatic heterocycles. The van der Waals surface area contributed by atoms with Gasteiger partial charge in [-0.25, -0.2) is 4.39 Å². The van der Waals surface area contributed by atoms with Gasteiger partial charge in [-0.3, -0.25) is 9.59 Å². The molecule has 0 fully saturated rings. The smallest absolute Gasteiger partial charge is 0.240 e. The van der Waals surface area contributed by atoms with Crippen LogP contribution in [0.1, 0.15) is 25.0 Å². The van der Waals surface area contributed by atoms with Crippen LogP contribution < -0.4 is 10.6 Å². The van der Waals surface area contributed by atoms with Gasteiger partial charge in [0.1, 0.15) is 5.82 Å². The second-order valence-corrected chi connectivity index (χ2v) is 7.20. The molecule has 0 saturated carbocycles. The van der Waals surface area contributed by atoms with Crippen molar-refractivity contribution in [2.45, 2.75) is 25.8 Å². The molecule has 0 unspecified atom stereocenters. The number of hydrogen-bond acceptors (Lipinski definition) is 2. The molecular weight excluding hydrogens is 378 g/mol. The van der Waals surface area contributed by atoms with Crippen LogP contribution in [0.5, 0.6) is 0 Å². The van der Waals surface area contributed by atoms with Gasteiger partial charge < -0.3 is 10.6 Å². The SMILES string of the molecule is CC(C)(NC(=O)CNC(=O)Cc1cccc(F)c1)c1ccc(Cl)c(Cl)c1. The summed E-state index contributed by atoms with van der Waals surface area (Å²) in [5, 5.41) is 6.19. The molecule has 0 aliphatic carbocycles. The summed E-state index contributed by atoms with van der Waals surface area (Å²) in [6.07, 6.45) is 0.00122. The van der Waals surface area contributed by atoms with Gasteiger partial charge in [0.15, 0.2) is 0 Å². The number of benzene rings is 2. The second kappa shape index (κ2) is 8.52. The Morgan fingerprint density at radius 2 is 1.77 bits per heavy atom. The zero-order valence-electron chi connectivity index (χ0n) is 14.4. The molecule has 26 heavy (non-hydrogen) atoms. The molecule has 7 heteroatoms. The van der Waals surface area contributed by atoms with Crippen molar-refractivity contribution in [3.8, 4) is 0 Å². The maximum atomic E-state index is 13.1. The summed E-state index contributed by atoms with van der Waals surface area (Å²) >= 11 is 11.9. The van der Waals surface area contributed by atoms with Crippen LogP contribution in [0.25, 0.3) is 0 Å². The maximum absolute atomic E-state index is 13.1. The zero-order valence-corrected chi connectivity index (χ0v) is 15.9. The number of rotatable bonds is 6. The van der Waals surface area contributed by atoms with Crippen LogP contribution in [0.15, 0.2) is 42.5 Å². The van der Waals surface area contributed by atoms with E-state index < -0.39 is 11.4 Å². The van der Waals surface area contributed by atoms with Crippen molar-refractivity contribution in [3.05, 3.63) is 69.5 Å². The third-order valence-corrected chi connectivity index (χ3v) is 4.53. The minimum atomic E-state index is -0.696. The van der Waals surface area contributed by atoms with E-state index in [1.54, 1.807) is 24.3 Å². The van der Waals surface area contributed by atoms with Gasteiger partial charge in [-0.05, 0) is 49.2 Å². The number of hydrogen-bond donors (Lipinski definition) is 2. The van der Waals surface area contributed by atoms with Gasteiger partial charge in [0.05, 0.1) is 28.5 Å². The summed E-state index contributed by atoms with van der Waals surface area (Å²) in [6.45, 7) is 3.46. The first-order chi connectivity index (χ1) is 12.2. The second-order valence-electron chi connectivity index (χ2n) is 6.39. The molecule has 2 N–H and O–H groups in total. The maximum Gasteiger partial charge on any atom is 0.240 e. The quantitative estimate of drug-likeness (QED) is 0.778. The van der Waals surface area contributed by atoms with Crippen LogP contribution in [0.2, 0.25) is 10.0 Å². The molecule has 0 heterocycles. The lowest BCUT2D eigenvalue weighted by molar-refractivity contribution is -0.126. The average molecular weight is 397 g/mol. The Morgan fingerprint density at radius 3 is 2.42 bits per heavy atom. The normalized spacial score (nSPS) is 11.1. The van der Waals surface area contributed by atoms with Gasteiger partial charge in [0.2, 0.25) is 11.8 Å². The highest BCUT2D eigenvalue weighted by molar-refractivity contribution is 6.42. The summed E-state index contributed by atoms with van der Waals surface area (Å²) < 4.78 is 13.1. The molecule has 2 rings (SSSR count). The lowest BCUT2D eigenvalue weighted by Gasteiger charge is -2.27. The van der Waals surface area contributed by atoms with E-state index in [-0.39, 0.29) is 24.8 Å². The first-order valence-electron chi connectivity index (χ1n) is 7.95. The average Bonchev–Trinajstić information content (AvgIpc) is 2.55. The number of nitrogens with one attached hydrogen (secondary N) is 2. The van der Waals surface area contributed by atoms with Crippen LogP contribution in [-0.2, 0) is 21.5 Å². The predicted octanol–water partition coefficient (Wildman–Crippen LogP) is 3.84. The van der Waals surface area contributed by atoms with E-state index in [4.69, 9.17) is 23.2 Å². The van der Waals surface area contributed by atoms with E-state index in [1.807, 2.05) is 13.8 Å². The molecular formula is C19H19Cl2FN2O2. The minimum Gasteiger partial charge on any atom is -0.347 e. The highest BCUT2D eigenvalue weighted by atomic mass is 35.5. The third kappa shape index (κ3) is 5.71. The minimum absolute atomic E-state index is 0.00122. The zero-order chi connectivity index (χ0) is 19.3. The van der Waals surface area contributed by atoms with Crippen LogP contribution >= 0.6 is 23.2 Å². The van der Waals surface area contributed by atoms with E-state index in [0.717, 1.165) is 5.56 Å². The van der Waals surface area contributed by atoms with Crippen molar-refractivity contribution < 1.29 is 14.0 Å². The van der Waals surface area contributed by atoms with Gasteiger partial charge >= 0.3 is 0 Å². The summed E-state index contributed by atoms with van der Waals surface area (Å²) in [5.41, 5.74) is 0.629. The molecule has 0 saturated heterocycles. The number of carbonyl (C=O) groups is 2. The molecule has 2 aromatic carbocycles. The van der Waals surface area contributed by atoms with Crippen molar-refractivity contribution in [2.24, 2.45) is 0 Å². The van der Waals surface area contributed by atoms with Gasteiger partial charge in [0, 0.05) is 0 Å². The molecule has 0 bridgehead atoms. The van der Waals surface area contributed by atoms with Crippen molar-refractivity contribution >= 4 is 35.0 Å². The fraction of sp³-hybridized carbons (Fsp3) is 0.263. The van der Waals surface area contributed by atoms with Crippen molar-refractivity contribution in [3.63, 3.8) is 0 Å². The molecule has 0 atom stereocenters. The number of amides is 2. The Kier molecular flexibility index (Phi) is 6.62. The summed E-state index contributed by atoms with van der Waals surface area (Å²) in [7, 11) is 0. The van der Waals surface area contributed by atoms with Gasteiger partial charge in [-0.2, -0.15) is 0 Å². The lowest BCUT2D eigenvalue weighted by atomic mass is 9.94. The third-order valence-electron chi connectivity index (χ3n) is 3.79. The summed E-state index contributed by atoms with van der Waals surface area (Å²) in [6, 6.07) is 10.9. The first kappa shape index (κ1) is 20.2. The predicted molar refractivity (Wildman–Crippen MR) is 101 cm³/mol. The van der Waals surface area contributed by atoms with Gasteiger partial charge in [-0.1, -0.05) is 41.4 Å². The fourth-order valence-electron chi connectivity index (χ4n) is 2.42. The first-order valence-corrected chi connectivity index (χ1v) is 8.70. The molecule has 2 aromatic rings. The Morgan fingerprint density at radius 1 is 1.04 bits per heavy atom. The monoisotopic (exact) mass is 396 g/mol. The number of halogens is 3. The summed E-state index contributed by atoms with van der Waals surface area (Å²) in [5.74, 6) is -1.12. The molecule has 4 nitrogen and oxygen atoms in total. The molecule has 0 spiro atoms. The largest absolute Gasteiger partial charge is 0.347 e. The Labute approximate surface area is 161 Å². The van der Waals surface area contributed by atoms with Crippen LogP contribution in [-0.4, -0.2) is 18.4 Å². The highest BCUT2D eigenvalue weighted by Gasteiger charge is 2.23. The van der Waals surface area contributed by atoms with E-state index in [0.29, 0.717) is 15.6 Å². The van der Waals surface area contributed by atoms with E-state index in [9.17, 15) is 14.0 Å². The molecule has 0 aliphatic rings. The van der Waals surface area contributed by atoms with Gasteiger partial charge in [0.25, 0.3) is 0 Å². The highest BCUT2D eigenvalue weighted by Crippen LogP contribution is 2.28. The van der Waals surface area contributed by atoms with Crippen LogP contribution in [0, 0.1) is 5.82 Å². The Bertz CT molecular complexity index is 825. The van der Waals surface area contributed by atoms with Crippen LogP contribution in [0.3, 0.4) is 0 Å². The fourth-order valence-corrected chi connectivity index (χ4v) is 2.72. The Hall–Kier alpha value is -2.11. The topological polar surface area (TPSA) is 58.2 Å². The molecule has 2 amide bonds. The van der Waals surface area contributed by atoms with E-state index in [1.165, 1.54) is 18.2 Å². The van der Waals surface area contributed by atoms with Crippen molar-refractivity contribution in [2.75, 3.05) is 6.54 Å². The summed E-state index contributed by atoms with van der Waals surface area (Å²) in [4.78, 5) is 24.1. The lowest BCUT2D eigenvalue weighted by Crippen LogP contribution is -2.46. The molecule has 0 aromatic heterocycles. The Balaban J connectivity index is 1.89. The van der Waals surface area contributed by atoms with E-state index >= 15 is 0 Å². The van der Waals surface area contributed by atoms with E-state index in [2.05, 4.69) is 10.6 Å². The molecule has 0 radical (unpaired) electrons. The standard InChI is InChI=1S/C19H19Cl2FN2O2/c1-19(2,13-6-7-15(20)16(21)10-13)24-18(26)11-23-17(25)9-12-4-3-5-14(22)8-12/h3-8,10H,9,11H2,1-2H3,(H,23,25)(H,24,26). The van der Waals surface area contributed by atoms with Gasteiger partial charge in [-0.15, -0.1) is 0 Å². The van der Waals surface area contributed by atoms with Crippen LogP contribution in [0.4, 0.5) is 4.39 Å². The molecule has 138 valence electrons. The number of carbonyl (C=O) groups excluding carboxylic acids is 2.